The molecule has 6 nitrogen and oxygen atoms in total. The van der Waals surface area contributed by atoms with Gasteiger partial charge in [-0.1, -0.05) is 24.3 Å². The standard InChI is InChI=1S/C20H21NO5S2/c1-12(19(22)21-15-8-9-28(24,25)11-15)26-20(23)17-10-14-7-6-13-4-2-3-5-16(13)18(14)27-17/h2-5,10,12,15H,6-9,11H2,1H3,(H,21,22)/t12-,15+/m0/s1. The molecule has 4 rings (SSSR count). The number of hydrogen-bond acceptors (Lipinski definition) is 6. The van der Waals surface area contributed by atoms with Crippen LogP contribution < -0.4 is 5.32 Å². The number of carbonyl (C=O) groups excluding carboxylic acids is 2. The lowest BCUT2D eigenvalue weighted by molar-refractivity contribution is -0.129. The summed E-state index contributed by atoms with van der Waals surface area (Å²) < 4.78 is 28.3. The Morgan fingerprint density at radius 1 is 1.21 bits per heavy atom. The van der Waals surface area contributed by atoms with Gasteiger partial charge in [-0.2, -0.15) is 0 Å². The minimum Gasteiger partial charge on any atom is -0.448 e. The molecule has 1 saturated heterocycles. The summed E-state index contributed by atoms with van der Waals surface area (Å²) in [5.74, 6) is -0.981. The Hall–Kier alpha value is -2.19. The number of ether oxygens (including phenoxy) is 1. The Balaban J connectivity index is 1.42. The molecule has 2 aromatic rings. The fourth-order valence-corrected chi connectivity index (χ4v) is 6.50. The molecule has 1 amide bonds. The molecule has 28 heavy (non-hydrogen) atoms. The van der Waals surface area contributed by atoms with Crippen molar-refractivity contribution in [3.8, 4) is 10.4 Å². The van der Waals surface area contributed by atoms with Crippen molar-refractivity contribution in [1.82, 2.24) is 5.32 Å². The minimum atomic E-state index is -3.08. The van der Waals surface area contributed by atoms with Gasteiger partial charge in [0.15, 0.2) is 15.9 Å². The summed E-state index contributed by atoms with van der Waals surface area (Å²) in [5, 5.41) is 2.66. The second-order valence-corrected chi connectivity index (χ2v) is 10.6. The molecule has 0 spiro atoms. The molecule has 1 N–H and O–H groups in total. The zero-order valence-corrected chi connectivity index (χ0v) is 17.1. The second-order valence-electron chi connectivity index (χ2n) is 7.28. The summed E-state index contributed by atoms with van der Waals surface area (Å²) in [5.41, 5.74) is 3.56. The van der Waals surface area contributed by atoms with E-state index in [0.717, 1.165) is 28.8 Å². The first-order chi connectivity index (χ1) is 13.3. The third-order valence-corrected chi connectivity index (χ3v) is 8.13. The molecule has 0 radical (unpaired) electrons. The molecule has 1 aliphatic carbocycles. The molecule has 1 fully saturated rings. The predicted molar refractivity (Wildman–Crippen MR) is 107 cm³/mol. The molecule has 2 atom stereocenters. The number of sulfone groups is 1. The maximum Gasteiger partial charge on any atom is 0.349 e. The molecule has 1 aliphatic heterocycles. The van der Waals surface area contributed by atoms with Gasteiger partial charge in [0.1, 0.15) is 4.88 Å². The van der Waals surface area contributed by atoms with Crippen LogP contribution in [0, 0.1) is 0 Å². The Morgan fingerprint density at radius 2 is 1.96 bits per heavy atom. The van der Waals surface area contributed by atoms with Crippen molar-refractivity contribution in [2.24, 2.45) is 0 Å². The van der Waals surface area contributed by atoms with Crippen molar-refractivity contribution >= 4 is 33.1 Å². The number of esters is 1. The number of carbonyl (C=O) groups is 2. The molecule has 1 aromatic heterocycles. The first-order valence-corrected chi connectivity index (χ1v) is 11.9. The van der Waals surface area contributed by atoms with Gasteiger partial charge in [-0.05, 0) is 48.9 Å². The second kappa shape index (κ2) is 7.33. The van der Waals surface area contributed by atoms with Gasteiger partial charge in [0, 0.05) is 10.9 Å². The third-order valence-electron chi connectivity index (χ3n) is 5.17. The molecule has 1 aromatic carbocycles. The fraction of sp³-hybridized carbons (Fsp3) is 0.400. The average Bonchev–Trinajstić information content (AvgIpc) is 3.24. The van der Waals surface area contributed by atoms with E-state index in [0.29, 0.717) is 11.3 Å². The summed E-state index contributed by atoms with van der Waals surface area (Å²) in [6.45, 7) is 1.50. The van der Waals surface area contributed by atoms with E-state index >= 15 is 0 Å². The quantitative estimate of drug-likeness (QED) is 0.769. The summed E-state index contributed by atoms with van der Waals surface area (Å²) >= 11 is 1.39. The van der Waals surface area contributed by atoms with Gasteiger partial charge in [-0.3, -0.25) is 4.79 Å². The maximum atomic E-state index is 12.5. The average molecular weight is 420 g/mol. The van der Waals surface area contributed by atoms with Crippen LogP contribution in [0.3, 0.4) is 0 Å². The SMILES string of the molecule is C[C@H](OC(=O)c1cc2c(s1)-c1ccccc1CC2)C(=O)N[C@@H]1CCS(=O)(=O)C1. The number of nitrogens with one attached hydrogen (secondary N) is 1. The third kappa shape index (κ3) is 3.84. The lowest BCUT2D eigenvalue weighted by Gasteiger charge is -2.16. The Morgan fingerprint density at radius 3 is 2.71 bits per heavy atom. The number of benzene rings is 1. The molecule has 0 unspecified atom stereocenters. The van der Waals surface area contributed by atoms with Gasteiger partial charge in [-0.25, -0.2) is 13.2 Å². The number of rotatable bonds is 4. The van der Waals surface area contributed by atoms with E-state index < -0.39 is 33.9 Å². The van der Waals surface area contributed by atoms with Gasteiger partial charge in [-0.15, -0.1) is 11.3 Å². The Bertz CT molecular complexity index is 1040. The molecule has 2 heterocycles. The van der Waals surface area contributed by atoms with Crippen molar-refractivity contribution < 1.29 is 22.7 Å². The lowest BCUT2D eigenvalue weighted by Crippen LogP contribution is -2.42. The van der Waals surface area contributed by atoms with Crippen LogP contribution in [0.4, 0.5) is 0 Å². The molecule has 2 aliphatic rings. The minimum absolute atomic E-state index is 0.0591. The van der Waals surface area contributed by atoms with E-state index in [1.807, 2.05) is 18.2 Å². The lowest BCUT2D eigenvalue weighted by atomic mass is 9.91. The van der Waals surface area contributed by atoms with Crippen LogP contribution in [0.5, 0.6) is 0 Å². The summed E-state index contributed by atoms with van der Waals surface area (Å²) in [6.07, 6.45) is 1.23. The van der Waals surface area contributed by atoms with Gasteiger partial charge >= 0.3 is 5.97 Å². The van der Waals surface area contributed by atoms with Crippen LogP contribution in [0.2, 0.25) is 0 Å². The van der Waals surface area contributed by atoms with E-state index in [9.17, 15) is 18.0 Å². The van der Waals surface area contributed by atoms with Crippen molar-refractivity contribution in [1.29, 1.82) is 0 Å². The number of amides is 1. The van der Waals surface area contributed by atoms with Crippen LogP contribution >= 0.6 is 11.3 Å². The van der Waals surface area contributed by atoms with E-state index in [-0.39, 0.29) is 11.5 Å². The normalized spacial score (nSPS) is 20.7. The van der Waals surface area contributed by atoms with Crippen LogP contribution in [0.25, 0.3) is 10.4 Å². The highest BCUT2D eigenvalue weighted by Gasteiger charge is 2.31. The van der Waals surface area contributed by atoms with Gasteiger partial charge < -0.3 is 10.1 Å². The highest BCUT2D eigenvalue weighted by Crippen LogP contribution is 2.39. The van der Waals surface area contributed by atoms with Crippen molar-refractivity contribution in [2.45, 2.75) is 38.3 Å². The Kier molecular flexibility index (Phi) is 5.01. The van der Waals surface area contributed by atoms with E-state index in [1.165, 1.54) is 23.8 Å². The number of hydrogen-bond donors (Lipinski definition) is 1. The highest BCUT2D eigenvalue weighted by atomic mass is 32.2. The van der Waals surface area contributed by atoms with Crippen molar-refractivity contribution in [3.05, 3.63) is 46.3 Å². The van der Waals surface area contributed by atoms with Gasteiger partial charge in [0.05, 0.1) is 11.5 Å². The number of thiophene rings is 1. The molecule has 0 saturated carbocycles. The van der Waals surface area contributed by atoms with Gasteiger partial charge in [0.2, 0.25) is 0 Å². The van der Waals surface area contributed by atoms with Gasteiger partial charge in [0.25, 0.3) is 5.91 Å². The first kappa shape index (κ1) is 19.1. The van der Waals surface area contributed by atoms with Crippen molar-refractivity contribution in [3.63, 3.8) is 0 Å². The van der Waals surface area contributed by atoms with Crippen LogP contribution in [0.1, 0.15) is 34.1 Å². The Labute approximate surface area is 167 Å². The largest absolute Gasteiger partial charge is 0.448 e. The monoisotopic (exact) mass is 419 g/mol. The maximum absolute atomic E-state index is 12.5. The predicted octanol–water partition coefficient (Wildman–Crippen LogP) is 2.36. The van der Waals surface area contributed by atoms with E-state index in [1.54, 1.807) is 0 Å². The number of fused-ring (bicyclic) bond motifs is 3. The zero-order chi connectivity index (χ0) is 19.9. The van der Waals surface area contributed by atoms with Crippen LogP contribution in [0.15, 0.2) is 30.3 Å². The molecule has 8 heteroatoms. The summed E-state index contributed by atoms with van der Waals surface area (Å²) in [6, 6.07) is 9.61. The molecule has 148 valence electrons. The van der Waals surface area contributed by atoms with Crippen LogP contribution in [-0.4, -0.2) is 43.9 Å². The van der Waals surface area contributed by atoms with E-state index in [4.69, 9.17) is 4.74 Å². The summed E-state index contributed by atoms with van der Waals surface area (Å²) in [4.78, 5) is 26.4. The summed E-state index contributed by atoms with van der Waals surface area (Å²) in [7, 11) is -3.08. The molecular formula is C20H21NO5S2. The molecule has 0 bridgehead atoms. The van der Waals surface area contributed by atoms with Crippen LogP contribution in [-0.2, 0) is 32.2 Å². The number of aryl methyl sites for hydroxylation is 2. The smallest absolute Gasteiger partial charge is 0.349 e. The fourth-order valence-electron chi connectivity index (χ4n) is 3.67. The van der Waals surface area contributed by atoms with Crippen molar-refractivity contribution in [2.75, 3.05) is 11.5 Å². The highest BCUT2D eigenvalue weighted by molar-refractivity contribution is 7.91. The first-order valence-electron chi connectivity index (χ1n) is 9.25. The van der Waals surface area contributed by atoms with E-state index in [2.05, 4.69) is 17.4 Å². The topological polar surface area (TPSA) is 89.5 Å². The zero-order valence-electron chi connectivity index (χ0n) is 15.4. The molecular weight excluding hydrogens is 398 g/mol.